The van der Waals surface area contributed by atoms with Crippen molar-refractivity contribution in [2.45, 2.75) is 19.1 Å². The Bertz CT molecular complexity index is 907. The third-order valence-electron chi connectivity index (χ3n) is 4.85. The summed E-state index contributed by atoms with van der Waals surface area (Å²) in [6.45, 7) is 5.37. The Morgan fingerprint density at radius 1 is 1.00 bits per heavy atom. The van der Waals surface area contributed by atoms with Crippen LogP contribution in [-0.4, -0.2) is 77.0 Å². The molecule has 2 aliphatic rings. The lowest BCUT2D eigenvalue weighted by molar-refractivity contribution is -0.140. The molecule has 0 saturated carbocycles. The number of nitrogens with zero attached hydrogens (tertiary/aromatic N) is 7. The lowest BCUT2D eigenvalue weighted by Gasteiger charge is -2.34. The monoisotopic (exact) mass is 426 g/mol. The third-order valence-corrected chi connectivity index (χ3v) is 4.85. The molecule has 30 heavy (non-hydrogen) atoms. The fraction of sp³-hybridized carbons (Fsp3) is 0.588. The van der Waals surface area contributed by atoms with E-state index >= 15 is 0 Å². The molecule has 0 aromatic carbocycles. The van der Waals surface area contributed by atoms with Gasteiger partial charge in [-0.05, 0) is 6.92 Å². The quantitative estimate of drug-likeness (QED) is 0.762. The van der Waals surface area contributed by atoms with Crippen molar-refractivity contribution < 1.29 is 22.6 Å². The van der Waals surface area contributed by atoms with Gasteiger partial charge in [0.2, 0.25) is 17.8 Å². The van der Waals surface area contributed by atoms with Gasteiger partial charge in [0.1, 0.15) is 0 Å². The van der Waals surface area contributed by atoms with E-state index in [9.17, 15) is 13.2 Å². The van der Waals surface area contributed by atoms with E-state index in [0.29, 0.717) is 46.1 Å². The highest BCUT2D eigenvalue weighted by molar-refractivity contribution is 5.62. The summed E-state index contributed by atoms with van der Waals surface area (Å²) in [7, 11) is 0. The number of nitrogens with two attached hydrogens (primary N) is 1. The van der Waals surface area contributed by atoms with E-state index in [1.54, 1.807) is 0 Å². The van der Waals surface area contributed by atoms with Crippen molar-refractivity contribution in [3.05, 3.63) is 11.9 Å². The van der Waals surface area contributed by atoms with Gasteiger partial charge < -0.3 is 25.0 Å². The van der Waals surface area contributed by atoms with E-state index in [1.165, 1.54) is 0 Å². The fourth-order valence-electron chi connectivity index (χ4n) is 3.31. The molecule has 0 unspecified atom stereocenters. The molecule has 2 saturated heterocycles. The first-order chi connectivity index (χ1) is 14.3. The summed E-state index contributed by atoms with van der Waals surface area (Å²) < 4.78 is 51.7. The summed E-state index contributed by atoms with van der Waals surface area (Å²) in [5.74, 6) is -0.0766. The van der Waals surface area contributed by atoms with Gasteiger partial charge in [-0.25, -0.2) is 9.97 Å². The van der Waals surface area contributed by atoms with Gasteiger partial charge in [0.25, 0.3) is 0 Å². The van der Waals surface area contributed by atoms with Crippen LogP contribution in [-0.2, 0) is 15.7 Å². The van der Waals surface area contributed by atoms with Gasteiger partial charge in [-0.15, -0.1) is 0 Å². The SMILES string of the molecule is C[C@H]1COCCN1c1nc(-c2cnc(N)nc2C(F)(F)F)nc(N2CCOCC2)n1. The molecule has 0 spiro atoms. The molecule has 10 nitrogen and oxygen atoms in total. The molecule has 0 bridgehead atoms. The number of hydrogen-bond donors (Lipinski definition) is 1. The number of rotatable bonds is 3. The molecule has 4 rings (SSSR count). The summed E-state index contributed by atoms with van der Waals surface area (Å²) in [5.41, 5.74) is 3.86. The first kappa shape index (κ1) is 20.5. The lowest BCUT2D eigenvalue weighted by Crippen LogP contribution is -2.45. The van der Waals surface area contributed by atoms with Crippen LogP contribution in [0.25, 0.3) is 11.4 Å². The molecule has 0 amide bonds. The van der Waals surface area contributed by atoms with Crippen molar-refractivity contribution in [1.82, 2.24) is 24.9 Å². The highest BCUT2D eigenvalue weighted by atomic mass is 19.4. The van der Waals surface area contributed by atoms with Crippen molar-refractivity contribution in [2.24, 2.45) is 0 Å². The maximum absolute atomic E-state index is 13.6. The Hall–Kier alpha value is -2.80. The normalized spacial score (nSPS) is 20.5. The second-order valence-electron chi connectivity index (χ2n) is 6.96. The molecule has 0 aliphatic carbocycles. The van der Waals surface area contributed by atoms with Gasteiger partial charge in [0, 0.05) is 25.8 Å². The Balaban J connectivity index is 1.84. The molecule has 2 aliphatic heterocycles. The predicted octanol–water partition coefficient (Wildman–Crippen LogP) is 0.991. The first-order valence-electron chi connectivity index (χ1n) is 9.46. The average molecular weight is 426 g/mol. The van der Waals surface area contributed by atoms with Crippen LogP contribution in [0.3, 0.4) is 0 Å². The van der Waals surface area contributed by atoms with Crippen LogP contribution in [0.4, 0.5) is 31.0 Å². The summed E-state index contributed by atoms with van der Waals surface area (Å²) in [6, 6.07) is -0.0451. The van der Waals surface area contributed by atoms with E-state index < -0.39 is 17.8 Å². The Morgan fingerprint density at radius 3 is 2.40 bits per heavy atom. The van der Waals surface area contributed by atoms with Crippen molar-refractivity contribution in [1.29, 1.82) is 0 Å². The fourth-order valence-corrected chi connectivity index (χ4v) is 3.31. The average Bonchev–Trinajstić information content (AvgIpc) is 2.74. The molecule has 2 aromatic heterocycles. The minimum Gasteiger partial charge on any atom is -0.378 e. The molecule has 1 atom stereocenters. The second kappa shape index (κ2) is 8.14. The lowest BCUT2D eigenvalue weighted by atomic mass is 10.2. The Kier molecular flexibility index (Phi) is 5.56. The topological polar surface area (TPSA) is 115 Å². The van der Waals surface area contributed by atoms with Gasteiger partial charge in [-0.3, -0.25) is 0 Å². The van der Waals surface area contributed by atoms with Crippen LogP contribution in [0.1, 0.15) is 12.6 Å². The molecule has 0 radical (unpaired) electrons. The van der Waals surface area contributed by atoms with Gasteiger partial charge in [-0.2, -0.15) is 28.1 Å². The number of hydrogen-bond acceptors (Lipinski definition) is 10. The summed E-state index contributed by atoms with van der Waals surface area (Å²) in [6.07, 6.45) is -3.75. The Labute approximate surface area is 170 Å². The van der Waals surface area contributed by atoms with Crippen LogP contribution in [0.2, 0.25) is 0 Å². The summed E-state index contributed by atoms with van der Waals surface area (Å²) >= 11 is 0. The molecule has 2 fully saturated rings. The number of nitrogen functional groups attached to an aromatic ring is 1. The molecule has 4 heterocycles. The third kappa shape index (κ3) is 4.21. The van der Waals surface area contributed by atoms with E-state index in [2.05, 4.69) is 24.9 Å². The standard InChI is InChI=1S/C17H21F3N8O2/c1-10-9-30-7-4-28(10)16-25-13(24-15(26-16)27-2-5-29-6-3-27)11-8-22-14(21)23-12(11)17(18,19)20/h8,10H,2-7,9H2,1H3,(H2,21,22,23)/t10-/m0/s1. The molecule has 13 heteroatoms. The van der Waals surface area contributed by atoms with E-state index in [-0.39, 0.29) is 29.3 Å². The van der Waals surface area contributed by atoms with Gasteiger partial charge >= 0.3 is 6.18 Å². The van der Waals surface area contributed by atoms with Gasteiger partial charge in [0.05, 0.1) is 38.0 Å². The molecular weight excluding hydrogens is 405 g/mol. The van der Waals surface area contributed by atoms with Crippen molar-refractivity contribution in [3.63, 3.8) is 0 Å². The zero-order chi connectivity index (χ0) is 21.3. The highest BCUT2D eigenvalue weighted by Gasteiger charge is 2.38. The maximum atomic E-state index is 13.6. The largest absolute Gasteiger partial charge is 0.434 e. The molecule has 2 N–H and O–H groups in total. The maximum Gasteiger partial charge on any atom is 0.434 e. The molecule has 162 valence electrons. The zero-order valence-electron chi connectivity index (χ0n) is 16.3. The number of halogens is 3. The van der Waals surface area contributed by atoms with E-state index in [4.69, 9.17) is 15.2 Å². The number of alkyl halides is 3. The van der Waals surface area contributed by atoms with Crippen molar-refractivity contribution in [2.75, 3.05) is 61.6 Å². The second-order valence-corrected chi connectivity index (χ2v) is 6.96. The molecule has 2 aromatic rings. The van der Waals surface area contributed by atoms with E-state index in [0.717, 1.165) is 6.20 Å². The minimum absolute atomic E-state index is 0.0451. The number of morpholine rings is 2. The van der Waals surface area contributed by atoms with Gasteiger partial charge in [0.15, 0.2) is 11.5 Å². The van der Waals surface area contributed by atoms with Crippen LogP contribution < -0.4 is 15.5 Å². The Morgan fingerprint density at radius 2 is 1.70 bits per heavy atom. The highest BCUT2D eigenvalue weighted by Crippen LogP contribution is 2.35. The van der Waals surface area contributed by atoms with Crippen LogP contribution >= 0.6 is 0 Å². The van der Waals surface area contributed by atoms with Crippen LogP contribution in [0.5, 0.6) is 0 Å². The minimum atomic E-state index is -4.75. The summed E-state index contributed by atoms with van der Waals surface area (Å²) in [4.78, 5) is 24.1. The smallest absolute Gasteiger partial charge is 0.378 e. The van der Waals surface area contributed by atoms with Crippen molar-refractivity contribution >= 4 is 17.8 Å². The molecular formula is C17H21F3N8O2. The van der Waals surface area contributed by atoms with Crippen molar-refractivity contribution in [3.8, 4) is 11.4 Å². The number of anilines is 3. The summed E-state index contributed by atoms with van der Waals surface area (Å²) in [5, 5.41) is 0. The van der Waals surface area contributed by atoms with Gasteiger partial charge in [-0.1, -0.05) is 0 Å². The van der Waals surface area contributed by atoms with E-state index in [1.807, 2.05) is 16.7 Å². The zero-order valence-corrected chi connectivity index (χ0v) is 16.3. The van der Waals surface area contributed by atoms with Crippen LogP contribution in [0, 0.1) is 0 Å². The predicted molar refractivity (Wildman–Crippen MR) is 101 cm³/mol. The van der Waals surface area contributed by atoms with Crippen LogP contribution in [0.15, 0.2) is 6.20 Å². The number of ether oxygens (including phenoxy) is 2. The number of aromatic nitrogens is 5. The first-order valence-corrected chi connectivity index (χ1v) is 9.46.